The molecule has 0 spiro atoms. The maximum Gasteiger partial charge on any atom is 0.287 e. The van der Waals surface area contributed by atoms with Crippen molar-refractivity contribution in [1.29, 1.82) is 0 Å². The van der Waals surface area contributed by atoms with E-state index in [1.54, 1.807) is 30.3 Å². The molecule has 0 aliphatic carbocycles. The summed E-state index contributed by atoms with van der Waals surface area (Å²) < 4.78 is 30.1. The fourth-order valence-corrected chi connectivity index (χ4v) is 4.17. The molecule has 25 heavy (non-hydrogen) atoms. The molecule has 136 valence electrons. The lowest BCUT2D eigenvalue weighted by molar-refractivity contribution is 0.0921. The predicted molar refractivity (Wildman–Crippen MR) is 96.6 cm³/mol. The highest BCUT2D eigenvalue weighted by Crippen LogP contribution is 2.20. The van der Waals surface area contributed by atoms with Crippen LogP contribution in [0.15, 0.2) is 52.0 Å². The van der Waals surface area contributed by atoms with Crippen LogP contribution < -0.4 is 10.6 Å². The third-order valence-electron chi connectivity index (χ3n) is 4.07. The molecule has 1 saturated heterocycles. The standard InChI is InChI=1S/C17H20N2O4S.ClH/c20-17(19-11-14-5-4-9-18-14)16-13(8-10-23-16)12-24(21,22)15-6-2-1-3-7-15;/h1-3,6-8,10,14,18H,4-5,9,11-12H2,(H,19,20);1H. The van der Waals surface area contributed by atoms with Gasteiger partial charge in [0, 0.05) is 18.2 Å². The Morgan fingerprint density at radius 3 is 2.68 bits per heavy atom. The molecule has 1 aromatic heterocycles. The summed E-state index contributed by atoms with van der Waals surface area (Å²) in [5.74, 6) is -0.586. The van der Waals surface area contributed by atoms with E-state index in [-0.39, 0.29) is 40.8 Å². The van der Waals surface area contributed by atoms with Crippen LogP contribution in [-0.2, 0) is 15.6 Å². The Balaban J connectivity index is 0.00000225. The highest BCUT2D eigenvalue weighted by atomic mass is 35.5. The number of carbonyl (C=O) groups excluding carboxylic acids is 1. The van der Waals surface area contributed by atoms with Crippen LogP contribution in [0.2, 0.25) is 0 Å². The maximum atomic E-state index is 12.5. The lowest BCUT2D eigenvalue weighted by Gasteiger charge is -2.11. The highest BCUT2D eigenvalue weighted by Gasteiger charge is 2.23. The van der Waals surface area contributed by atoms with Crippen molar-refractivity contribution in [2.45, 2.75) is 29.5 Å². The molecule has 2 heterocycles. The van der Waals surface area contributed by atoms with Crippen LogP contribution in [0.25, 0.3) is 0 Å². The molecule has 0 radical (unpaired) electrons. The molecule has 6 nitrogen and oxygen atoms in total. The molecule has 1 aliphatic rings. The first kappa shape index (κ1) is 19.5. The van der Waals surface area contributed by atoms with Gasteiger partial charge in [-0.15, -0.1) is 12.4 Å². The Kier molecular flexibility index (Phi) is 6.64. The molecule has 1 aliphatic heterocycles. The monoisotopic (exact) mass is 384 g/mol. The normalized spacial score (nSPS) is 17.0. The lowest BCUT2D eigenvalue weighted by atomic mass is 10.2. The lowest BCUT2D eigenvalue weighted by Crippen LogP contribution is -2.37. The second-order valence-electron chi connectivity index (χ2n) is 5.85. The summed E-state index contributed by atoms with van der Waals surface area (Å²) in [6, 6.07) is 9.98. The third kappa shape index (κ3) is 4.84. The summed E-state index contributed by atoms with van der Waals surface area (Å²) in [5, 5.41) is 6.09. The number of amides is 1. The molecule has 3 rings (SSSR count). The number of benzene rings is 1. The number of nitrogens with one attached hydrogen (secondary N) is 2. The van der Waals surface area contributed by atoms with E-state index in [2.05, 4.69) is 10.6 Å². The van der Waals surface area contributed by atoms with Crippen molar-refractivity contribution in [2.24, 2.45) is 0 Å². The summed E-state index contributed by atoms with van der Waals surface area (Å²) in [6.45, 7) is 1.46. The summed E-state index contributed by atoms with van der Waals surface area (Å²) in [5.41, 5.74) is 0.371. The zero-order chi connectivity index (χ0) is 17.0. The van der Waals surface area contributed by atoms with E-state index in [0.29, 0.717) is 12.1 Å². The van der Waals surface area contributed by atoms with E-state index in [1.165, 1.54) is 12.3 Å². The van der Waals surface area contributed by atoms with Crippen molar-refractivity contribution in [3.05, 3.63) is 54.0 Å². The first-order chi connectivity index (χ1) is 11.6. The van der Waals surface area contributed by atoms with Crippen molar-refractivity contribution in [3.8, 4) is 0 Å². The van der Waals surface area contributed by atoms with E-state index in [9.17, 15) is 13.2 Å². The molecule has 8 heteroatoms. The maximum absolute atomic E-state index is 12.5. The molecular formula is C17H21ClN2O4S. The Morgan fingerprint density at radius 2 is 2.00 bits per heavy atom. The van der Waals surface area contributed by atoms with Gasteiger partial charge in [0.05, 0.1) is 16.9 Å². The average molecular weight is 385 g/mol. The van der Waals surface area contributed by atoms with Crippen LogP contribution in [0.3, 0.4) is 0 Å². The van der Waals surface area contributed by atoms with Gasteiger partial charge in [-0.25, -0.2) is 8.42 Å². The molecule has 1 atom stereocenters. The third-order valence-corrected chi connectivity index (χ3v) is 5.75. The van der Waals surface area contributed by atoms with E-state index in [4.69, 9.17) is 4.42 Å². The smallest absolute Gasteiger partial charge is 0.287 e. The van der Waals surface area contributed by atoms with E-state index >= 15 is 0 Å². The van der Waals surface area contributed by atoms with Crippen molar-refractivity contribution in [1.82, 2.24) is 10.6 Å². The van der Waals surface area contributed by atoms with Crippen LogP contribution in [0.5, 0.6) is 0 Å². The second kappa shape index (κ2) is 8.51. The van der Waals surface area contributed by atoms with Gasteiger partial charge in [0.25, 0.3) is 5.91 Å². The summed E-state index contributed by atoms with van der Waals surface area (Å²) in [7, 11) is -3.52. The van der Waals surface area contributed by atoms with Gasteiger partial charge < -0.3 is 15.1 Å². The van der Waals surface area contributed by atoms with Gasteiger partial charge in [-0.1, -0.05) is 18.2 Å². The fourth-order valence-electron chi connectivity index (χ4n) is 2.79. The average Bonchev–Trinajstić information content (AvgIpc) is 3.25. The van der Waals surface area contributed by atoms with Crippen LogP contribution >= 0.6 is 12.4 Å². The van der Waals surface area contributed by atoms with Gasteiger partial charge in [0.2, 0.25) is 0 Å². The first-order valence-corrected chi connectivity index (χ1v) is 9.57. The van der Waals surface area contributed by atoms with Crippen LogP contribution in [-0.4, -0.2) is 33.5 Å². The van der Waals surface area contributed by atoms with Crippen molar-refractivity contribution in [2.75, 3.05) is 13.1 Å². The molecule has 1 amide bonds. The Labute approximate surface area is 153 Å². The molecule has 2 N–H and O–H groups in total. The zero-order valence-electron chi connectivity index (χ0n) is 13.6. The molecule has 1 unspecified atom stereocenters. The minimum absolute atomic E-state index is 0. The Morgan fingerprint density at radius 1 is 1.24 bits per heavy atom. The fraction of sp³-hybridized carbons (Fsp3) is 0.353. The predicted octanol–water partition coefficient (Wildman–Crippen LogP) is 2.16. The largest absolute Gasteiger partial charge is 0.459 e. The Bertz CT molecular complexity index is 799. The van der Waals surface area contributed by atoms with Gasteiger partial charge in [-0.3, -0.25) is 4.79 Å². The van der Waals surface area contributed by atoms with Gasteiger partial charge in [0.1, 0.15) is 0 Å². The van der Waals surface area contributed by atoms with Crippen LogP contribution in [0, 0.1) is 0 Å². The summed E-state index contributed by atoms with van der Waals surface area (Å²) in [6.07, 6.45) is 3.47. The minimum atomic E-state index is -3.52. The quantitative estimate of drug-likeness (QED) is 0.796. The van der Waals surface area contributed by atoms with Crippen molar-refractivity contribution in [3.63, 3.8) is 0 Å². The van der Waals surface area contributed by atoms with E-state index < -0.39 is 9.84 Å². The van der Waals surface area contributed by atoms with E-state index in [0.717, 1.165) is 19.4 Å². The van der Waals surface area contributed by atoms with E-state index in [1.807, 2.05) is 0 Å². The summed E-state index contributed by atoms with van der Waals surface area (Å²) in [4.78, 5) is 12.5. The molecule has 1 fully saturated rings. The molecule has 2 aromatic rings. The zero-order valence-corrected chi connectivity index (χ0v) is 15.2. The van der Waals surface area contributed by atoms with Crippen LogP contribution in [0.1, 0.15) is 29.0 Å². The van der Waals surface area contributed by atoms with Crippen molar-refractivity contribution < 1.29 is 17.6 Å². The van der Waals surface area contributed by atoms with Crippen molar-refractivity contribution >= 4 is 28.2 Å². The van der Waals surface area contributed by atoms with Crippen LogP contribution in [0.4, 0.5) is 0 Å². The number of sulfone groups is 1. The number of furan rings is 1. The molecule has 1 aromatic carbocycles. The Hall–Kier alpha value is -1.83. The molecule has 0 saturated carbocycles. The summed E-state index contributed by atoms with van der Waals surface area (Å²) >= 11 is 0. The second-order valence-corrected chi connectivity index (χ2v) is 7.84. The molecular weight excluding hydrogens is 364 g/mol. The highest BCUT2D eigenvalue weighted by molar-refractivity contribution is 7.90. The first-order valence-electron chi connectivity index (χ1n) is 7.92. The minimum Gasteiger partial charge on any atom is -0.459 e. The number of hydrogen-bond acceptors (Lipinski definition) is 5. The SMILES string of the molecule is Cl.O=C(NCC1CCCN1)c1occc1CS(=O)(=O)c1ccccc1. The van der Waals surface area contributed by atoms with Gasteiger partial charge in [-0.2, -0.15) is 0 Å². The topological polar surface area (TPSA) is 88.4 Å². The van der Waals surface area contributed by atoms with Gasteiger partial charge in [-0.05, 0) is 37.6 Å². The number of rotatable bonds is 6. The van der Waals surface area contributed by atoms with Gasteiger partial charge >= 0.3 is 0 Å². The van der Waals surface area contributed by atoms with Gasteiger partial charge in [0.15, 0.2) is 15.6 Å². The number of carbonyl (C=O) groups is 1. The number of hydrogen-bond donors (Lipinski definition) is 2. The molecule has 0 bridgehead atoms. The number of halogens is 1.